The zero-order valence-corrected chi connectivity index (χ0v) is 12.6. The number of aromatic nitrogens is 1. The molecule has 0 bridgehead atoms. The molecule has 0 amide bonds. The van der Waals surface area contributed by atoms with Crippen LogP contribution in [0.5, 0.6) is 5.75 Å². The van der Waals surface area contributed by atoms with Gasteiger partial charge in [0.1, 0.15) is 18.2 Å². The zero-order chi connectivity index (χ0) is 15.2. The fraction of sp³-hybridized carbons (Fsp3) is 0.312. The second-order valence-electron chi connectivity index (χ2n) is 4.92. The predicted molar refractivity (Wildman–Crippen MR) is 81.9 cm³/mol. The van der Waals surface area contributed by atoms with E-state index in [9.17, 15) is 4.39 Å². The fourth-order valence-corrected chi connectivity index (χ4v) is 2.17. The van der Waals surface area contributed by atoms with Crippen molar-refractivity contribution in [2.45, 2.75) is 32.4 Å². The maximum Gasteiger partial charge on any atom is 0.141 e. The van der Waals surface area contributed by atoms with Crippen LogP contribution in [0.2, 0.25) is 5.02 Å². The van der Waals surface area contributed by atoms with Crippen LogP contribution in [-0.4, -0.2) is 11.0 Å². The van der Waals surface area contributed by atoms with E-state index in [1.807, 2.05) is 19.1 Å². The molecule has 0 radical (unpaired) electrons. The Morgan fingerprint density at radius 3 is 2.86 bits per heavy atom. The first-order valence-electron chi connectivity index (χ1n) is 6.84. The van der Waals surface area contributed by atoms with Gasteiger partial charge in [-0.3, -0.25) is 4.98 Å². The van der Waals surface area contributed by atoms with Gasteiger partial charge in [0.2, 0.25) is 0 Å². The molecule has 112 valence electrons. The van der Waals surface area contributed by atoms with E-state index < -0.39 is 0 Å². The number of pyridine rings is 1. The summed E-state index contributed by atoms with van der Waals surface area (Å²) in [6.07, 6.45) is 4.31. The first-order valence-corrected chi connectivity index (χ1v) is 7.22. The smallest absolute Gasteiger partial charge is 0.141 e. The predicted octanol–water partition coefficient (Wildman–Crippen LogP) is 3.73. The summed E-state index contributed by atoms with van der Waals surface area (Å²) >= 11 is 6.03. The van der Waals surface area contributed by atoms with Gasteiger partial charge in [0, 0.05) is 22.8 Å². The van der Waals surface area contributed by atoms with Crippen molar-refractivity contribution in [2.24, 2.45) is 5.73 Å². The number of benzene rings is 1. The van der Waals surface area contributed by atoms with Crippen LogP contribution in [0.25, 0.3) is 0 Å². The van der Waals surface area contributed by atoms with E-state index in [1.54, 1.807) is 12.3 Å². The van der Waals surface area contributed by atoms with E-state index >= 15 is 0 Å². The molecule has 1 unspecified atom stereocenters. The summed E-state index contributed by atoms with van der Waals surface area (Å²) in [7, 11) is 0. The zero-order valence-electron chi connectivity index (χ0n) is 11.9. The third kappa shape index (κ3) is 4.69. The van der Waals surface area contributed by atoms with Crippen LogP contribution in [0.3, 0.4) is 0 Å². The number of rotatable bonds is 6. The minimum Gasteiger partial charge on any atom is -0.489 e. The van der Waals surface area contributed by atoms with Gasteiger partial charge in [-0.25, -0.2) is 4.39 Å². The molecule has 0 saturated heterocycles. The van der Waals surface area contributed by atoms with Crippen molar-refractivity contribution in [1.82, 2.24) is 4.98 Å². The fourth-order valence-electron chi connectivity index (χ4n) is 1.97. The molecule has 2 N–H and O–H groups in total. The number of nitrogens with two attached hydrogens (primary N) is 1. The standard InChI is InChI=1S/C16H18ClFN2O/c1-2-15(19)7-12-6-13(17)3-4-16(12)21-10-11-5-14(18)9-20-8-11/h3-6,8-9,15H,2,7,10,19H2,1H3. The summed E-state index contributed by atoms with van der Waals surface area (Å²) in [5.74, 6) is 0.341. The molecular formula is C16H18ClFN2O. The lowest BCUT2D eigenvalue weighted by atomic mass is 10.0. The summed E-state index contributed by atoms with van der Waals surface area (Å²) in [5, 5.41) is 0.646. The van der Waals surface area contributed by atoms with Crippen molar-refractivity contribution < 1.29 is 9.13 Å². The molecule has 3 nitrogen and oxygen atoms in total. The second kappa shape index (κ2) is 7.38. The second-order valence-corrected chi connectivity index (χ2v) is 5.36. The molecule has 5 heteroatoms. The number of nitrogens with zero attached hydrogens (tertiary/aromatic N) is 1. The lowest BCUT2D eigenvalue weighted by molar-refractivity contribution is 0.301. The Bertz CT molecular complexity index is 607. The van der Waals surface area contributed by atoms with Gasteiger partial charge < -0.3 is 10.5 Å². The summed E-state index contributed by atoms with van der Waals surface area (Å²) in [5.41, 5.74) is 7.63. The molecule has 1 aromatic heterocycles. The minimum absolute atomic E-state index is 0.0571. The molecule has 21 heavy (non-hydrogen) atoms. The highest BCUT2D eigenvalue weighted by molar-refractivity contribution is 6.30. The molecule has 0 saturated carbocycles. The number of hydrogen-bond acceptors (Lipinski definition) is 3. The maximum atomic E-state index is 13.1. The topological polar surface area (TPSA) is 48.1 Å². The van der Waals surface area contributed by atoms with Crippen LogP contribution in [0.15, 0.2) is 36.7 Å². The van der Waals surface area contributed by atoms with Crippen molar-refractivity contribution >= 4 is 11.6 Å². The normalized spacial score (nSPS) is 12.2. The van der Waals surface area contributed by atoms with Crippen LogP contribution >= 0.6 is 11.6 Å². The van der Waals surface area contributed by atoms with Gasteiger partial charge in [0.25, 0.3) is 0 Å². The Morgan fingerprint density at radius 2 is 2.14 bits per heavy atom. The van der Waals surface area contributed by atoms with Gasteiger partial charge in [-0.15, -0.1) is 0 Å². The highest BCUT2D eigenvalue weighted by Crippen LogP contribution is 2.25. The van der Waals surface area contributed by atoms with Gasteiger partial charge in [-0.2, -0.15) is 0 Å². The Kier molecular flexibility index (Phi) is 5.53. The van der Waals surface area contributed by atoms with Crippen molar-refractivity contribution in [3.8, 4) is 5.75 Å². The van der Waals surface area contributed by atoms with E-state index in [4.69, 9.17) is 22.1 Å². The molecular weight excluding hydrogens is 291 g/mol. The van der Waals surface area contributed by atoms with Gasteiger partial charge in [0.05, 0.1) is 6.20 Å². The molecule has 2 aromatic rings. The van der Waals surface area contributed by atoms with E-state index in [-0.39, 0.29) is 18.5 Å². The van der Waals surface area contributed by atoms with Gasteiger partial charge >= 0.3 is 0 Å². The number of ether oxygens (including phenoxy) is 1. The first-order chi connectivity index (χ1) is 10.1. The molecule has 1 aromatic carbocycles. The SMILES string of the molecule is CCC(N)Cc1cc(Cl)ccc1OCc1cncc(F)c1. The van der Waals surface area contributed by atoms with E-state index in [0.717, 1.165) is 18.2 Å². The molecule has 1 atom stereocenters. The van der Waals surface area contributed by atoms with Crippen molar-refractivity contribution in [3.05, 3.63) is 58.6 Å². The van der Waals surface area contributed by atoms with Gasteiger partial charge in [-0.1, -0.05) is 18.5 Å². The number of hydrogen-bond donors (Lipinski definition) is 1. The van der Waals surface area contributed by atoms with Crippen molar-refractivity contribution in [1.29, 1.82) is 0 Å². The Balaban J connectivity index is 2.11. The average Bonchev–Trinajstić information content (AvgIpc) is 2.46. The average molecular weight is 309 g/mol. The van der Waals surface area contributed by atoms with Crippen LogP contribution in [-0.2, 0) is 13.0 Å². The molecule has 1 heterocycles. The molecule has 0 aliphatic rings. The van der Waals surface area contributed by atoms with Crippen LogP contribution in [0, 0.1) is 5.82 Å². The largest absolute Gasteiger partial charge is 0.489 e. The molecule has 2 rings (SSSR count). The first kappa shape index (κ1) is 15.7. The lowest BCUT2D eigenvalue weighted by Crippen LogP contribution is -2.21. The Morgan fingerprint density at radius 1 is 1.33 bits per heavy atom. The summed E-state index contributed by atoms with van der Waals surface area (Å²) in [6, 6.07) is 6.90. The third-order valence-electron chi connectivity index (χ3n) is 3.18. The van der Waals surface area contributed by atoms with Crippen LogP contribution in [0.1, 0.15) is 24.5 Å². The summed E-state index contributed by atoms with van der Waals surface area (Å²) in [4.78, 5) is 3.80. The van der Waals surface area contributed by atoms with E-state index in [0.29, 0.717) is 22.8 Å². The van der Waals surface area contributed by atoms with Gasteiger partial charge in [-0.05, 0) is 42.7 Å². The molecule has 0 aliphatic heterocycles. The van der Waals surface area contributed by atoms with Crippen molar-refractivity contribution in [2.75, 3.05) is 0 Å². The Hall–Kier alpha value is -1.65. The van der Waals surface area contributed by atoms with E-state index in [1.165, 1.54) is 6.07 Å². The van der Waals surface area contributed by atoms with Crippen molar-refractivity contribution in [3.63, 3.8) is 0 Å². The Labute approximate surface area is 128 Å². The molecule has 0 aliphatic carbocycles. The quantitative estimate of drug-likeness (QED) is 0.884. The van der Waals surface area contributed by atoms with Crippen LogP contribution in [0.4, 0.5) is 4.39 Å². The highest BCUT2D eigenvalue weighted by atomic mass is 35.5. The summed E-state index contributed by atoms with van der Waals surface area (Å²) in [6.45, 7) is 2.29. The van der Waals surface area contributed by atoms with Crippen LogP contribution < -0.4 is 10.5 Å². The molecule has 0 spiro atoms. The maximum absolute atomic E-state index is 13.1. The molecule has 0 fully saturated rings. The monoisotopic (exact) mass is 308 g/mol. The summed E-state index contributed by atoms with van der Waals surface area (Å²) < 4.78 is 18.8. The minimum atomic E-state index is -0.375. The van der Waals surface area contributed by atoms with E-state index in [2.05, 4.69) is 4.98 Å². The number of halogens is 2. The van der Waals surface area contributed by atoms with Gasteiger partial charge in [0.15, 0.2) is 0 Å². The lowest BCUT2D eigenvalue weighted by Gasteiger charge is -2.15. The third-order valence-corrected chi connectivity index (χ3v) is 3.42. The highest BCUT2D eigenvalue weighted by Gasteiger charge is 2.09.